The maximum atomic E-state index is 13.1. The average molecular weight is 489 g/mol. The van der Waals surface area contributed by atoms with Gasteiger partial charge in [-0.3, -0.25) is 19.0 Å². The van der Waals surface area contributed by atoms with Crippen LogP contribution >= 0.6 is 11.6 Å². The number of aryl methyl sites for hydroxylation is 1. The van der Waals surface area contributed by atoms with E-state index in [9.17, 15) is 14.7 Å². The summed E-state index contributed by atoms with van der Waals surface area (Å²) in [6.07, 6.45) is 3.09. The molecular formula is C25H21ClN6O3. The van der Waals surface area contributed by atoms with Crippen molar-refractivity contribution >= 4 is 40.0 Å². The Bertz CT molecular complexity index is 1600. The number of aromatic nitrogens is 5. The Morgan fingerprint density at radius 3 is 2.69 bits per heavy atom. The highest BCUT2D eigenvalue weighted by Gasteiger charge is 2.22. The highest BCUT2D eigenvalue weighted by Crippen LogP contribution is 2.32. The van der Waals surface area contributed by atoms with Crippen molar-refractivity contribution in [1.82, 2.24) is 24.1 Å². The van der Waals surface area contributed by atoms with Crippen LogP contribution in [-0.2, 0) is 7.05 Å². The first-order valence-corrected chi connectivity index (χ1v) is 11.2. The van der Waals surface area contributed by atoms with Crippen LogP contribution < -0.4 is 10.9 Å². The molecule has 0 saturated carbocycles. The molecule has 1 atom stereocenters. The predicted octanol–water partition coefficient (Wildman–Crippen LogP) is 3.60. The second-order valence-electron chi connectivity index (χ2n) is 7.96. The summed E-state index contributed by atoms with van der Waals surface area (Å²) >= 11 is 6.20. The van der Waals surface area contributed by atoms with Gasteiger partial charge < -0.3 is 10.4 Å². The summed E-state index contributed by atoms with van der Waals surface area (Å²) in [7, 11) is 1.79. The fraction of sp³-hybridized carbons (Fsp3) is 0.120. The van der Waals surface area contributed by atoms with Crippen molar-refractivity contribution in [2.24, 2.45) is 7.05 Å². The zero-order valence-corrected chi connectivity index (χ0v) is 19.4. The first kappa shape index (κ1) is 22.6. The fourth-order valence-corrected chi connectivity index (χ4v) is 4.19. The van der Waals surface area contributed by atoms with E-state index in [4.69, 9.17) is 16.7 Å². The van der Waals surface area contributed by atoms with Gasteiger partial charge in [-0.05, 0) is 42.0 Å². The maximum Gasteiger partial charge on any atom is 0.264 e. The smallest absolute Gasteiger partial charge is 0.264 e. The lowest BCUT2D eigenvalue weighted by Gasteiger charge is -2.17. The summed E-state index contributed by atoms with van der Waals surface area (Å²) in [5.74, 6) is 0.709. The van der Waals surface area contributed by atoms with Crippen LogP contribution in [0.3, 0.4) is 0 Å². The molecule has 5 rings (SSSR count). The van der Waals surface area contributed by atoms with Crippen LogP contribution in [-0.4, -0.2) is 41.7 Å². The molecule has 0 amide bonds. The molecule has 3 heterocycles. The average Bonchev–Trinajstić information content (AvgIpc) is 3.43. The zero-order chi connectivity index (χ0) is 24.5. The molecule has 0 bridgehead atoms. The second-order valence-corrected chi connectivity index (χ2v) is 8.39. The van der Waals surface area contributed by atoms with Crippen molar-refractivity contribution in [1.29, 1.82) is 0 Å². The third kappa shape index (κ3) is 4.23. The topological polar surface area (TPSA) is 107 Å². The summed E-state index contributed by atoms with van der Waals surface area (Å²) in [5, 5.41) is 23.7. The monoisotopic (exact) mass is 488 g/mol. The summed E-state index contributed by atoms with van der Waals surface area (Å²) in [5.41, 5.74) is 1.38. The van der Waals surface area contributed by atoms with Crippen LogP contribution in [0, 0.1) is 0 Å². The molecule has 0 unspecified atom stereocenters. The molecule has 0 saturated heterocycles. The Balaban J connectivity index is 1.67. The Morgan fingerprint density at radius 2 is 1.97 bits per heavy atom. The molecule has 35 heavy (non-hydrogen) atoms. The van der Waals surface area contributed by atoms with Crippen LogP contribution in [0.2, 0.25) is 5.02 Å². The molecule has 176 valence electrons. The van der Waals surface area contributed by atoms with Crippen LogP contribution in [0.5, 0.6) is 0 Å². The van der Waals surface area contributed by atoms with Crippen LogP contribution in [0.15, 0.2) is 83.9 Å². The summed E-state index contributed by atoms with van der Waals surface area (Å²) in [4.78, 5) is 25.3. The van der Waals surface area contributed by atoms with Crippen molar-refractivity contribution in [3.05, 3.63) is 106 Å². The van der Waals surface area contributed by atoms with Gasteiger partial charge in [0.25, 0.3) is 11.5 Å². The number of benzene rings is 2. The molecular weight excluding hydrogens is 468 g/mol. The number of pyridine rings is 1. The minimum absolute atomic E-state index is 0.220. The van der Waals surface area contributed by atoms with E-state index in [1.165, 1.54) is 12.3 Å². The lowest BCUT2D eigenvalue weighted by molar-refractivity contribution is 0.0956. The molecule has 3 aromatic heterocycles. The number of anilines is 2. The van der Waals surface area contributed by atoms with Crippen LogP contribution in [0.1, 0.15) is 22.0 Å². The van der Waals surface area contributed by atoms with Gasteiger partial charge in [-0.1, -0.05) is 29.8 Å². The standard InChI is InChI=1S/C25H21ClN6O3/c1-30-22(10-11-27-30)28-24-19-14-17(25(35)31-12-3-2-7-23(31)34)8-9-20(19)32(29-24)21(15-33)16-5-4-6-18(26)13-16/h2-14,21,33H,15H2,1H3,(H,28,29)/t21-/m1/s1. The van der Waals surface area contributed by atoms with Gasteiger partial charge >= 0.3 is 0 Å². The predicted molar refractivity (Wildman–Crippen MR) is 133 cm³/mol. The van der Waals surface area contributed by atoms with Gasteiger partial charge in [0.15, 0.2) is 5.82 Å². The quantitative estimate of drug-likeness (QED) is 0.378. The highest BCUT2D eigenvalue weighted by molar-refractivity contribution is 6.30. The SMILES string of the molecule is Cn1nccc1Nc1nn([C@H](CO)c2cccc(Cl)c2)c2ccc(C(=O)n3ccccc3=O)cc12. The lowest BCUT2D eigenvalue weighted by atomic mass is 10.1. The van der Waals surface area contributed by atoms with Crippen molar-refractivity contribution in [2.75, 3.05) is 11.9 Å². The molecule has 0 radical (unpaired) electrons. The Hall–Kier alpha value is -4.21. The summed E-state index contributed by atoms with van der Waals surface area (Å²) in [6.45, 7) is -0.220. The largest absolute Gasteiger partial charge is 0.394 e. The first-order chi connectivity index (χ1) is 17.0. The van der Waals surface area contributed by atoms with Crippen LogP contribution in [0.4, 0.5) is 11.6 Å². The van der Waals surface area contributed by atoms with Gasteiger partial charge in [0.2, 0.25) is 0 Å². The minimum Gasteiger partial charge on any atom is -0.394 e. The van der Waals surface area contributed by atoms with Gasteiger partial charge in [-0.15, -0.1) is 0 Å². The van der Waals surface area contributed by atoms with Gasteiger partial charge in [-0.25, -0.2) is 4.57 Å². The summed E-state index contributed by atoms with van der Waals surface area (Å²) in [6, 6.07) is 18.1. The van der Waals surface area contributed by atoms with Gasteiger partial charge in [0, 0.05) is 41.3 Å². The number of nitrogens with one attached hydrogen (secondary N) is 1. The molecule has 5 aromatic rings. The van der Waals surface area contributed by atoms with Gasteiger partial charge in [-0.2, -0.15) is 10.2 Å². The Labute approximate surface area is 204 Å². The summed E-state index contributed by atoms with van der Waals surface area (Å²) < 4.78 is 4.41. The van der Waals surface area contributed by atoms with Crippen molar-refractivity contribution < 1.29 is 9.90 Å². The van der Waals surface area contributed by atoms with Crippen molar-refractivity contribution in [3.8, 4) is 0 Å². The number of aliphatic hydroxyl groups excluding tert-OH is 1. The fourth-order valence-electron chi connectivity index (χ4n) is 3.99. The highest BCUT2D eigenvalue weighted by atomic mass is 35.5. The first-order valence-electron chi connectivity index (χ1n) is 10.8. The molecule has 0 aliphatic carbocycles. The molecule has 10 heteroatoms. The molecule has 2 aromatic carbocycles. The lowest BCUT2D eigenvalue weighted by Crippen LogP contribution is -2.25. The number of hydrogen-bond acceptors (Lipinski definition) is 6. The van der Waals surface area contributed by atoms with Crippen LogP contribution in [0.25, 0.3) is 10.9 Å². The minimum atomic E-state index is -0.517. The molecule has 0 fully saturated rings. The van der Waals surface area contributed by atoms with E-state index in [-0.39, 0.29) is 6.61 Å². The molecule has 2 N–H and O–H groups in total. The maximum absolute atomic E-state index is 13.1. The number of halogens is 1. The van der Waals surface area contributed by atoms with E-state index in [2.05, 4.69) is 10.4 Å². The molecule has 9 nitrogen and oxygen atoms in total. The zero-order valence-electron chi connectivity index (χ0n) is 18.7. The number of fused-ring (bicyclic) bond motifs is 1. The normalized spacial score (nSPS) is 12.1. The number of carbonyl (C=O) groups is 1. The molecule has 0 spiro atoms. The third-order valence-corrected chi connectivity index (χ3v) is 6.00. The molecule has 0 aliphatic rings. The number of carbonyl (C=O) groups excluding carboxylic acids is 1. The van der Waals surface area contributed by atoms with E-state index in [1.54, 1.807) is 71.1 Å². The van der Waals surface area contributed by atoms with E-state index >= 15 is 0 Å². The third-order valence-electron chi connectivity index (χ3n) is 5.76. The van der Waals surface area contributed by atoms with Crippen molar-refractivity contribution in [2.45, 2.75) is 6.04 Å². The Morgan fingerprint density at radius 1 is 1.11 bits per heavy atom. The van der Waals surface area contributed by atoms with Gasteiger partial charge in [0.1, 0.15) is 11.9 Å². The number of rotatable bonds is 6. The van der Waals surface area contributed by atoms with E-state index in [0.29, 0.717) is 33.1 Å². The number of aliphatic hydroxyl groups is 1. The van der Waals surface area contributed by atoms with Crippen molar-refractivity contribution in [3.63, 3.8) is 0 Å². The number of hydrogen-bond donors (Lipinski definition) is 2. The second kappa shape index (κ2) is 9.21. The Kier molecular flexibility index (Phi) is 5.94. The molecule has 0 aliphatic heterocycles. The van der Waals surface area contributed by atoms with E-state index in [0.717, 1.165) is 10.1 Å². The van der Waals surface area contributed by atoms with E-state index in [1.807, 2.05) is 12.1 Å². The number of nitrogens with zero attached hydrogens (tertiary/aromatic N) is 5. The van der Waals surface area contributed by atoms with Gasteiger partial charge in [0.05, 0.1) is 18.3 Å². The van der Waals surface area contributed by atoms with E-state index < -0.39 is 17.5 Å².